The summed E-state index contributed by atoms with van der Waals surface area (Å²) >= 11 is 0. The fourth-order valence-corrected chi connectivity index (χ4v) is 1.69. The van der Waals surface area contributed by atoms with Crippen LogP contribution in [0.2, 0.25) is 0 Å². The maximum atomic E-state index is 11.8. The average Bonchev–Trinajstić information content (AvgIpc) is 2.49. The van der Waals surface area contributed by atoms with Gasteiger partial charge in [0.05, 0.1) is 13.2 Å². The molecule has 2 rings (SSSR count). The molecule has 0 fully saturated rings. The quantitative estimate of drug-likeness (QED) is 0.822. The molecule has 4 nitrogen and oxygen atoms in total. The summed E-state index contributed by atoms with van der Waals surface area (Å²) < 4.78 is 5.32. The second-order valence-electron chi connectivity index (χ2n) is 4.16. The zero-order valence-corrected chi connectivity index (χ0v) is 11.3. The van der Waals surface area contributed by atoms with Crippen molar-refractivity contribution in [2.45, 2.75) is 13.5 Å². The van der Waals surface area contributed by atoms with Crippen LogP contribution in [0.4, 0.5) is 0 Å². The molecule has 0 saturated carbocycles. The van der Waals surface area contributed by atoms with Gasteiger partial charge in [0.25, 0.3) is 5.91 Å². The summed E-state index contributed by atoms with van der Waals surface area (Å²) in [5.74, 6) is 0.471. The van der Waals surface area contributed by atoms with E-state index in [-0.39, 0.29) is 5.91 Å². The number of benzene rings is 2. The molecule has 0 bridgehead atoms. The third-order valence-electron chi connectivity index (χ3n) is 2.67. The molecule has 0 aromatic heterocycles. The van der Waals surface area contributed by atoms with Gasteiger partial charge in [-0.3, -0.25) is 9.63 Å². The topological polar surface area (TPSA) is 47.6 Å². The van der Waals surface area contributed by atoms with Crippen molar-refractivity contribution < 1.29 is 14.4 Å². The summed E-state index contributed by atoms with van der Waals surface area (Å²) in [6, 6.07) is 16.6. The van der Waals surface area contributed by atoms with Crippen LogP contribution in [-0.4, -0.2) is 12.5 Å². The van der Waals surface area contributed by atoms with Crippen molar-refractivity contribution in [3.05, 3.63) is 65.7 Å². The van der Waals surface area contributed by atoms with E-state index < -0.39 is 0 Å². The number of hydrogen-bond acceptors (Lipinski definition) is 3. The van der Waals surface area contributed by atoms with Gasteiger partial charge in [0.15, 0.2) is 0 Å². The van der Waals surface area contributed by atoms with E-state index in [0.29, 0.717) is 18.8 Å². The number of ether oxygens (including phenoxy) is 1. The zero-order chi connectivity index (χ0) is 14.2. The lowest BCUT2D eigenvalue weighted by atomic mass is 10.2. The molecule has 0 aliphatic carbocycles. The summed E-state index contributed by atoms with van der Waals surface area (Å²) in [5, 5.41) is 0. The summed E-state index contributed by atoms with van der Waals surface area (Å²) in [7, 11) is 0. The number of carbonyl (C=O) groups is 1. The van der Waals surface area contributed by atoms with Crippen LogP contribution in [0.15, 0.2) is 54.6 Å². The van der Waals surface area contributed by atoms with Crippen molar-refractivity contribution in [1.29, 1.82) is 0 Å². The van der Waals surface area contributed by atoms with E-state index in [0.717, 1.165) is 11.3 Å². The van der Waals surface area contributed by atoms with E-state index >= 15 is 0 Å². The van der Waals surface area contributed by atoms with Crippen molar-refractivity contribution >= 4 is 5.91 Å². The molecule has 0 unspecified atom stereocenters. The first-order valence-electron chi connectivity index (χ1n) is 6.48. The Balaban J connectivity index is 1.82. The van der Waals surface area contributed by atoms with E-state index in [9.17, 15) is 4.79 Å². The third kappa shape index (κ3) is 4.10. The highest BCUT2D eigenvalue weighted by Gasteiger charge is 2.05. The van der Waals surface area contributed by atoms with Crippen LogP contribution in [0, 0.1) is 0 Å². The molecule has 0 heterocycles. The van der Waals surface area contributed by atoms with E-state index in [1.165, 1.54) is 0 Å². The van der Waals surface area contributed by atoms with E-state index in [1.54, 1.807) is 24.3 Å². The monoisotopic (exact) mass is 271 g/mol. The Bertz CT molecular complexity index is 537. The molecule has 0 atom stereocenters. The molecule has 2 aromatic carbocycles. The van der Waals surface area contributed by atoms with Gasteiger partial charge in [-0.15, -0.1) is 0 Å². The minimum absolute atomic E-state index is 0.274. The molecule has 104 valence electrons. The number of carbonyl (C=O) groups excluding carboxylic acids is 1. The average molecular weight is 271 g/mol. The summed E-state index contributed by atoms with van der Waals surface area (Å²) in [6.07, 6.45) is 0. The van der Waals surface area contributed by atoms with Crippen molar-refractivity contribution in [1.82, 2.24) is 5.48 Å². The Labute approximate surface area is 118 Å². The SMILES string of the molecule is CCOc1ccc(C(=O)NOCc2ccccc2)cc1. The predicted octanol–water partition coefficient (Wildman–Crippen LogP) is 2.95. The van der Waals surface area contributed by atoms with Crippen LogP contribution in [-0.2, 0) is 11.4 Å². The largest absolute Gasteiger partial charge is 0.494 e. The molecule has 0 spiro atoms. The number of amides is 1. The van der Waals surface area contributed by atoms with E-state index in [1.807, 2.05) is 37.3 Å². The Hall–Kier alpha value is -2.33. The first kappa shape index (κ1) is 14.1. The van der Waals surface area contributed by atoms with Crippen LogP contribution in [0.5, 0.6) is 5.75 Å². The molecule has 0 radical (unpaired) electrons. The van der Waals surface area contributed by atoms with Crippen molar-refractivity contribution in [2.24, 2.45) is 0 Å². The number of rotatable bonds is 6. The first-order valence-corrected chi connectivity index (χ1v) is 6.48. The molecule has 1 N–H and O–H groups in total. The van der Waals surface area contributed by atoms with Gasteiger partial charge in [0.2, 0.25) is 0 Å². The number of nitrogens with one attached hydrogen (secondary N) is 1. The fourth-order valence-electron chi connectivity index (χ4n) is 1.69. The van der Waals surface area contributed by atoms with Gasteiger partial charge in [-0.05, 0) is 36.8 Å². The Morgan fingerprint density at radius 1 is 1.05 bits per heavy atom. The highest BCUT2D eigenvalue weighted by Crippen LogP contribution is 2.12. The van der Waals surface area contributed by atoms with E-state index in [2.05, 4.69) is 5.48 Å². The van der Waals surface area contributed by atoms with Gasteiger partial charge in [-0.2, -0.15) is 0 Å². The van der Waals surface area contributed by atoms with E-state index in [4.69, 9.17) is 9.57 Å². The third-order valence-corrected chi connectivity index (χ3v) is 2.67. The van der Waals surface area contributed by atoms with Gasteiger partial charge in [-0.1, -0.05) is 30.3 Å². The lowest BCUT2D eigenvalue weighted by Gasteiger charge is -2.07. The lowest BCUT2D eigenvalue weighted by Crippen LogP contribution is -2.23. The Morgan fingerprint density at radius 2 is 1.75 bits per heavy atom. The van der Waals surface area contributed by atoms with Crippen LogP contribution in [0.25, 0.3) is 0 Å². The molecule has 20 heavy (non-hydrogen) atoms. The van der Waals surface area contributed by atoms with Gasteiger partial charge in [0.1, 0.15) is 5.75 Å². The first-order chi connectivity index (χ1) is 9.79. The standard InChI is InChI=1S/C16H17NO3/c1-2-19-15-10-8-14(9-11-15)16(18)17-20-12-13-6-4-3-5-7-13/h3-11H,2,12H2,1H3,(H,17,18). The van der Waals surface area contributed by atoms with Crippen LogP contribution >= 0.6 is 0 Å². The maximum absolute atomic E-state index is 11.8. The van der Waals surface area contributed by atoms with Crippen LogP contribution in [0.1, 0.15) is 22.8 Å². The van der Waals surface area contributed by atoms with Crippen molar-refractivity contribution in [2.75, 3.05) is 6.61 Å². The smallest absolute Gasteiger partial charge is 0.274 e. The molecule has 0 aliphatic heterocycles. The van der Waals surface area contributed by atoms with Gasteiger partial charge < -0.3 is 4.74 Å². The van der Waals surface area contributed by atoms with Crippen LogP contribution < -0.4 is 10.2 Å². The normalized spacial score (nSPS) is 10.1. The molecule has 0 aliphatic rings. The van der Waals surface area contributed by atoms with Gasteiger partial charge in [0, 0.05) is 5.56 Å². The van der Waals surface area contributed by atoms with Crippen LogP contribution in [0.3, 0.4) is 0 Å². The minimum atomic E-state index is -0.274. The van der Waals surface area contributed by atoms with Crippen molar-refractivity contribution in [3.8, 4) is 5.75 Å². The molecular formula is C16H17NO3. The Morgan fingerprint density at radius 3 is 2.40 bits per heavy atom. The summed E-state index contributed by atoms with van der Waals surface area (Å²) in [5.41, 5.74) is 3.95. The van der Waals surface area contributed by atoms with Gasteiger partial charge >= 0.3 is 0 Å². The molecule has 0 saturated heterocycles. The van der Waals surface area contributed by atoms with Crippen molar-refractivity contribution in [3.63, 3.8) is 0 Å². The minimum Gasteiger partial charge on any atom is -0.494 e. The predicted molar refractivity (Wildman–Crippen MR) is 76.3 cm³/mol. The maximum Gasteiger partial charge on any atom is 0.274 e. The molecule has 4 heteroatoms. The van der Waals surface area contributed by atoms with Gasteiger partial charge in [-0.25, -0.2) is 5.48 Å². The lowest BCUT2D eigenvalue weighted by molar-refractivity contribution is 0.0233. The second kappa shape index (κ2) is 7.31. The summed E-state index contributed by atoms with van der Waals surface area (Å²) in [4.78, 5) is 17.0. The number of hydroxylamine groups is 1. The number of hydrogen-bond donors (Lipinski definition) is 1. The molecule has 1 amide bonds. The Kier molecular flexibility index (Phi) is 5.15. The highest BCUT2D eigenvalue weighted by atomic mass is 16.6. The zero-order valence-electron chi connectivity index (χ0n) is 11.3. The fraction of sp³-hybridized carbons (Fsp3) is 0.188. The molecular weight excluding hydrogens is 254 g/mol. The second-order valence-corrected chi connectivity index (χ2v) is 4.16. The molecule has 2 aromatic rings. The highest BCUT2D eigenvalue weighted by molar-refractivity contribution is 5.93. The summed E-state index contributed by atoms with van der Waals surface area (Å²) in [6.45, 7) is 2.85.